The van der Waals surface area contributed by atoms with Crippen molar-refractivity contribution in [3.63, 3.8) is 0 Å². The molecular weight excluding hydrogens is 362 g/mol. The van der Waals surface area contributed by atoms with Crippen LogP contribution in [0.5, 0.6) is 5.75 Å². The van der Waals surface area contributed by atoms with Gasteiger partial charge >= 0.3 is 7.12 Å². The Morgan fingerprint density at radius 3 is 2.04 bits per heavy atom. The van der Waals surface area contributed by atoms with Crippen molar-refractivity contribution >= 4 is 41.7 Å². The van der Waals surface area contributed by atoms with Gasteiger partial charge in [0.1, 0.15) is 0 Å². The number of ether oxygens (including phenoxy) is 1. The van der Waals surface area contributed by atoms with E-state index < -0.39 is 18.3 Å². The van der Waals surface area contributed by atoms with Crippen LogP contribution in [0.3, 0.4) is 0 Å². The SMILES string of the molecule is C=C/C(=N\N(C)C)Oc1c(Cl)cc(B2OC(C)(C)C(C)(C)O2)cc1Cl. The van der Waals surface area contributed by atoms with Gasteiger partial charge in [-0.1, -0.05) is 29.8 Å². The third-order valence-electron chi connectivity index (χ3n) is 4.23. The lowest BCUT2D eigenvalue weighted by Crippen LogP contribution is -2.41. The van der Waals surface area contributed by atoms with E-state index in [9.17, 15) is 0 Å². The Hall–Kier alpha value is -1.21. The van der Waals surface area contributed by atoms with Gasteiger partial charge in [-0.2, -0.15) is 0 Å². The highest BCUT2D eigenvalue weighted by Gasteiger charge is 2.51. The average molecular weight is 385 g/mol. The third-order valence-corrected chi connectivity index (χ3v) is 4.79. The van der Waals surface area contributed by atoms with Gasteiger partial charge in [-0.05, 0) is 51.4 Å². The predicted octanol–water partition coefficient (Wildman–Crippen LogP) is 3.73. The van der Waals surface area contributed by atoms with Crippen molar-refractivity contribution in [1.82, 2.24) is 5.01 Å². The van der Waals surface area contributed by atoms with Crippen LogP contribution in [0, 0.1) is 0 Å². The fraction of sp³-hybridized carbons (Fsp3) is 0.471. The lowest BCUT2D eigenvalue weighted by atomic mass is 9.79. The van der Waals surface area contributed by atoms with Gasteiger partial charge < -0.3 is 14.0 Å². The van der Waals surface area contributed by atoms with Gasteiger partial charge in [0.2, 0.25) is 5.90 Å². The maximum Gasteiger partial charge on any atom is 0.494 e. The largest absolute Gasteiger partial charge is 0.494 e. The van der Waals surface area contributed by atoms with E-state index in [1.165, 1.54) is 6.08 Å². The molecule has 25 heavy (non-hydrogen) atoms. The van der Waals surface area contributed by atoms with E-state index in [2.05, 4.69) is 11.7 Å². The van der Waals surface area contributed by atoms with Crippen molar-refractivity contribution in [3.05, 3.63) is 34.8 Å². The molecule has 1 saturated heterocycles. The van der Waals surface area contributed by atoms with E-state index >= 15 is 0 Å². The summed E-state index contributed by atoms with van der Waals surface area (Å²) in [6.07, 6.45) is 1.48. The van der Waals surface area contributed by atoms with Gasteiger partial charge in [0.15, 0.2) is 5.75 Å². The minimum atomic E-state index is -0.552. The second-order valence-electron chi connectivity index (χ2n) is 6.99. The number of hydrogen-bond donors (Lipinski definition) is 0. The van der Waals surface area contributed by atoms with Crippen molar-refractivity contribution in [2.75, 3.05) is 14.1 Å². The molecule has 0 unspecified atom stereocenters. The molecule has 0 radical (unpaired) electrons. The molecule has 136 valence electrons. The number of halogens is 2. The second-order valence-corrected chi connectivity index (χ2v) is 7.81. The van der Waals surface area contributed by atoms with Gasteiger partial charge in [0.25, 0.3) is 0 Å². The zero-order chi connectivity index (χ0) is 19.0. The first-order chi connectivity index (χ1) is 11.5. The van der Waals surface area contributed by atoms with E-state index in [1.54, 1.807) is 31.2 Å². The lowest BCUT2D eigenvalue weighted by molar-refractivity contribution is 0.00578. The first-order valence-corrected chi connectivity index (χ1v) is 8.63. The molecule has 5 nitrogen and oxygen atoms in total. The normalized spacial score (nSPS) is 19.0. The Balaban J connectivity index is 2.31. The van der Waals surface area contributed by atoms with Crippen LogP contribution in [0.2, 0.25) is 10.0 Å². The van der Waals surface area contributed by atoms with Crippen LogP contribution in [0.1, 0.15) is 27.7 Å². The van der Waals surface area contributed by atoms with E-state index in [4.69, 9.17) is 37.2 Å². The summed E-state index contributed by atoms with van der Waals surface area (Å²) in [6, 6.07) is 3.45. The molecule has 1 aromatic carbocycles. The molecule has 0 N–H and O–H groups in total. The zero-order valence-electron chi connectivity index (χ0n) is 15.4. The molecule has 1 heterocycles. The Morgan fingerprint density at radius 1 is 1.16 bits per heavy atom. The van der Waals surface area contributed by atoms with Crippen molar-refractivity contribution < 1.29 is 14.0 Å². The van der Waals surface area contributed by atoms with Gasteiger partial charge in [-0.25, -0.2) is 0 Å². The van der Waals surface area contributed by atoms with Crippen molar-refractivity contribution in [3.8, 4) is 5.75 Å². The second kappa shape index (κ2) is 7.19. The zero-order valence-corrected chi connectivity index (χ0v) is 16.9. The van der Waals surface area contributed by atoms with Crippen LogP contribution < -0.4 is 10.2 Å². The Labute approximate surface area is 159 Å². The van der Waals surface area contributed by atoms with Gasteiger partial charge in [-0.15, -0.1) is 5.10 Å². The van der Waals surface area contributed by atoms with Crippen LogP contribution in [0.4, 0.5) is 0 Å². The molecular formula is C17H23BCl2N2O3. The highest BCUT2D eigenvalue weighted by atomic mass is 35.5. The summed E-state index contributed by atoms with van der Waals surface area (Å²) >= 11 is 12.7. The monoisotopic (exact) mass is 384 g/mol. The number of nitrogens with zero attached hydrogens (tertiary/aromatic N) is 2. The minimum Gasteiger partial charge on any atom is -0.434 e. The summed E-state index contributed by atoms with van der Waals surface area (Å²) in [6.45, 7) is 11.6. The van der Waals surface area contributed by atoms with E-state index in [0.717, 1.165) is 5.46 Å². The number of hydrogen-bond acceptors (Lipinski definition) is 5. The molecule has 8 heteroatoms. The van der Waals surface area contributed by atoms with Crippen LogP contribution in [0.25, 0.3) is 0 Å². The molecule has 1 aliphatic heterocycles. The number of hydrazone groups is 1. The predicted molar refractivity (Wildman–Crippen MR) is 104 cm³/mol. The maximum absolute atomic E-state index is 6.37. The van der Waals surface area contributed by atoms with E-state index in [1.807, 2.05) is 27.7 Å². The molecule has 0 spiro atoms. The molecule has 0 aromatic heterocycles. The molecule has 0 aliphatic carbocycles. The molecule has 1 aliphatic rings. The molecule has 0 atom stereocenters. The van der Waals surface area contributed by atoms with Gasteiger partial charge in [-0.3, -0.25) is 5.01 Å². The molecule has 0 saturated carbocycles. The quantitative estimate of drug-likeness (QED) is 0.343. The molecule has 0 bridgehead atoms. The smallest absolute Gasteiger partial charge is 0.434 e. The summed E-state index contributed by atoms with van der Waals surface area (Å²) < 4.78 is 17.7. The fourth-order valence-corrected chi connectivity index (χ4v) is 2.78. The first-order valence-electron chi connectivity index (χ1n) is 7.87. The lowest BCUT2D eigenvalue weighted by Gasteiger charge is -2.32. The van der Waals surface area contributed by atoms with Crippen molar-refractivity contribution in [2.45, 2.75) is 38.9 Å². The van der Waals surface area contributed by atoms with Gasteiger partial charge in [0.05, 0.1) is 21.2 Å². The standard InChI is InChI=1S/C17H23BCl2N2O3/c1-8-14(21-22(6)7)23-15-12(19)9-11(10-13(15)20)18-24-16(2,3)17(4,5)25-18/h8-10H,1H2,2-7H3/b21-14+. The summed E-state index contributed by atoms with van der Waals surface area (Å²) in [7, 11) is 3.00. The summed E-state index contributed by atoms with van der Waals surface area (Å²) in [5, 5.41) is 6.43. The molecule has 0 amide bonds. The van der Waals surface area contributed by atoms with Crippen LogP contribution in [0.15, 0.2) is 29.9 Å². The molecule has 2 rings (SSSR count). The van der Waals surface area contributed by atoms with Crippen LogP contribution in [-0.2, 0) is 9.31 Å². The maximum atomic E-state index is 6.37. The van der Waals surface area contributed by atoms with Crippen LogP contribution >= 0.6 is 23.2 Å². The van der Waals surface area contributed by atoms with E-state index in [-0.39, 0.29) is 5.90 Å². The third kappa shape index (κ3) is 4.32. The highest BCUT2D eigenvalue weighted by Crippen LogP contribution is 2.38. The summed E-state index contributed by atoms with van der Waals surface area (Å²) in [5.41, 5.74) is -0.161. The molecule has 1 aromatic rings. The Morgan fingerprint density at radius 2 is 1.64 bits per heavy atom. The minimum absolute atomic E-state index is 0.289. The Kier molecular flexibility index (Phi) is 5.79. The highest BCUT2D eigenvalue weighted by molar-refractivity contribution is 6.63. The van der Waals surface area contributed by atoms with Crippen LogP contribution in [-0.4, -0.2) is 43.3 Å². The summed E-state index contributed by atoms with van der Waals surface area (Å²) in [5.74, 6) is 0.598. The van der Waals surface area contributed by atoms with E-state index in [0.29, 0.717) is 15.8 Å². The average Bonchev–Trinajstić information content (AvgIpc) is 2.69. The summed E-state index contributed by atoms with van der Waals surface area (Å²) in [4.78, 5) is 0. The number of benzene rings is 1. The number of rotatable bonds is 4. The topological polar surface area (TPSA) is 43.3 Å². The molecule has 1 fully saturated rings. The Bertz CT molecular complexity index is 666. The first kappa shape index (κ1) is 20.1. The fourth-order valence-electron chi connectivity index (χ4n) is 2.20. The van der Waals surface area contributed by atoms with Crippen molar-refractivity contribution in [1.29, 1.82) is 0 Å². The van der Waals surface area contributed by atoms with Crippen molar-refractivity contribution in [2.24, 2.45) is 5.10 Å². The van der Waals surface area contributed by atoms with Gasteiger partial charge in [0, 0.05) is 14.1 Å².